The van der Waals surface area contributed by atoms with Gasteiger partial charge in [0.25, 0.3) is 0 Å². The number of esters is 2. The van der Waals surface area contributed by atoms with Crippen LogP contribution in [0.5, 0.6) is 0 Å². The number of rotatable bonds is 6. The molecule has 1 aliphatic heterocycles. The summed E-state index contributed by atoms with van der Waals surface area (Å²) in [5.74, 6) is -2.55. The van der Waals surface area contributed by atoms with Crippen LogP contribution in [-0.4, -0.2) is 25.2 Å². The molecule has 180 valence electrons. The predicted octanol–water partition coefficient (Wildman–Crippen LogP) is 5.82. The van der Waals surface area contributed by atoms with Gasteiger partial charge < -0.3 is 14.4 Å². The Bertz CT molecular complexity index is 1090. The molecule has 0 fully saturated rings. The third-order valence-corrected chi connectivity index (χ3v) is 5.25. The lowest BCUT2D eigenvalue weighted by Gasteiger charge is -2.31. The molecule has 0 saturated heterocycles. The van der Waals surface area contributed by atoms with E-state index in [0.717, 1.165) is 23.3 Å². The summed E-state index contributed by atoms with van der Waals surface area (Å²) in [6.45, 7) is 7.21. The van der Waals surface area contributed by atoms with E-state index in [1.54, 1.807) is 18.7 Å². The number of hydrogen-bond donors (Lipinski definition) is 0. The van der Waals surface area contributed by atoms with Crippen molar-refractivity contribution >= 4 is 17.6 Å². The van der Waals surface area contributed by atoms with E-state index in [0.29, 0.717) is 5.69 Å². The summed E-state index contributed by atoms with van der Waals surface area (Å²) >= 11 is 0. The van der Waals surface area contributed by atoms with Crippen molar-refractivity contribution in [3.8, 4) is 0 Å². The van der Waals surface area contributed by atoms with Crippen LogP contribution in [0.3, 0.4) is 0 Å². The number of carbonyl (C=O) groups is 2. The van der Waals surface area contributed by atoms with E-state index in [-0.39, 0.29) is 29.9 Å². The van der Waals surface area contributed by atoms with Crippen LogP contribution in [0.25, 0.3) is 0 Å². The lowest BCUT2D eigenvalue weighted by molar-refractivity contribution is -0.139. The molecular formula is C26H26F3NO4. The molecule has 0 N–H and O–H groups in total. The van der Waals surface area contributed by atoms with Crippen molar-refractivity contribution in [3.63, 3.8) is 0 Å². The summed E-state index contributed by atoms with van der Waals surface area (Å²) in [7, 11) is 0. The Balaban J connectivity index is 2.23. The SMILES string of the molecule is CCOC(=O)C1=CN(c2cc(C)cc(C)c2)C=C(C(=O)OCC)C1c1cccc(C(F)(F)F)c1. The Kier molecular flexibility index (Phi) is 7.49. The maximum Gasteiger partial charge on any atom is 0.416 e. The van der Waals surface area contributed by atoms with E-state index >= 15 is 0 Å². The zero-order valence-corrected chi connectivity index (χ0v) is 19.4. The van der Waals surface area contributed by atoms with Crippen molar-refractivity contribution in [3.05, 3.63) is 88.3 Å². The summed E-state index contributed by atoms with van der Waals surface area (Å²) in [4.78, 5) is 27.6. The second kappa shape index (κ2) is 10.2. The van der Waals surface area contributed by atoms with Crippen molar-refractivity contribution in [2.24, 2.45) is 0 Å². The first-order valence-corrected chi connectivity index (χ1v) is 10.9. The minimum absolute atomic E-state index is 0.0332. The second-order valence-corrected chi connectivity index (χ2v) is 7.92. The van der Waals surface area contributed by atoms with Crippen molar-refractivity contribution in [2.45, 2.75) is 39.8 Å². The van der Waals surface area contributed by atoms with Crippen LogP contribution < -0.4 is 4.90 Å². The van der Waals surface area contributed by atoms with Gasteiger partial charge in [0.1, 0.15) is 0 Å². The Morgan fingerprint density at radius 1 is 0.882 bits per heavy atom. The Morgan fingerprint density at radius 3 is 1.88 bits per heavy atom. The number of alkyl halides is 3. The summed E-state index contributed by atoms with van der Waals surface area (Å²) in [6.07, 6.45) is -1.59. The number of aryl methyl sites for hydroxylation is 2. The van der Waals surface area contributed by atoms with Gasteiger partial charge in [0.2, 0.25) is 0 Å². The molecule has 8 heteroatoms. The molecule has 0 unspecified atom stereocenters. The number of ether oxygens (including phenoxy) is 2. The van der Waals surface area contributed by atoms with Gasteiger partial charge in [0.05, 0.1) is 35.8 Å². The highest BCUT2D eigenvalue weighted by molar-refractivity contribution is 6.00. The van der Waals surface area contributed by atoms with Gasteiger partial charge in [-0.2, -0.15) is 13.2 Å². The van der Waals surface area contributed by atoms with Crippen LogP contribution in [0.2, 0.25) is 0 Å². The fourth-order valence-corrected chi connectivity index (χ4v) is 3.93. The number of anilines is 1. The van der Waals surface area contributed by atoms with Crippen LogP contribution in [0.1, 0.15) is 42.0 Å². The molecule has 0 radical (unpaired) electrons. The van der Waals surface area contributed by atoms with E-state index in [4.69, 9.17) is 9.47 Å². The summed E-state index contributed by atoms with van der Waals surface area (Å²) in [5, 5.41) is 0. The van der Waals surface area contributed by atoms with E-state index in [9.17, 15) is 22.8 Å². The number of nitrogens with zero attached hydrogens (tertiary/aromatic N) is 1. The standard InChI is InChI=1S/C26H26F3NO4/c1-5-33-24(31)21-14-30(20-11-16(3)10-17(4)12-20)15-22(25(32)34-6-2)23(21)18-8-7-9-19(13-18)26(27,28)29/h7-15,23H,5-6H2,1-4H3. The van der Waals surface area contributed by atoms with Gasteiger partial charge >= 0.3 is 18.1 Å². The van der Waals surface area contributed by atoms with Crippen LogP contribution in [-0.2, 0) is 25.2 Å². The fraction of sp³-hybridized carbons (Fsp3) is 0.308. The van der Waals surface area contributed by atoms with Crippen LogP contribution >= 0.6 is 0 Å². The fourth-order valence-electron chi connectivity index (χ4n) is 3.93. The summed E-state index contributed by atoms with van der Waals surface area (Å²) in [6, 6.07) is 10.3. The first-order valence-electron chi connectivity index (χ1n) is 10.9. The van der Waals surface area contributed by atoms with Gasteiger partial charge in [-0.3, -0.25) is 0 Å². The largest absolute Gasteiger partial charge is 0.463 e. The zero-order chi connectivity index (χ0) is 25.0. The molecule has 3 rings (SSSR count). The van der Waals surface area contributed by atoms with Gasteiger partial charge in [-0.05, 0) is 62.6 Å². The summed E-state index contributed by atoms with van der Waals surface area (Å²) in [5.41, 5.74) is 1.93. The third-order valence-electron chi connectivity index (χ3n) is 5.25. The Labute approximate surface area is 196 Å². The molecule has 2 aromatic carbocycles. The highest BCUT2D eigenvalue weighted by atomic mass is 19.4. The first kappa shape index (κ1) is 25.1. The van der Waals surface area contributed by atoms with Gasteiger partial charge in [-0.15, -0.1) is 0 Å². The topological polar surface area (TPSA) is 55.8 Å². The zero-order valence-electron chi connectivity index (χ0n) is 19.4. The van der Waals surface area contributed by atoms with Crippen LogP contribution in [0, 0.1) is 13.8 Å². The van der Waals surface area contributed by atoms with Gasteiger partial charge in [0.15, 0.2) is 0 Å². The van der Waals surface area contributed by atoms with Crippen LogP contribution in [0.4, 0.5) is 18.9 Å². The average Bonchev–Trinajstić information content (AvgIpc) is 2.77. The van der Waals surface area contributed by atoms with E-state index < -0.39 is 29.6 Å². The molecule has 0 amide bonds. The number of hydrogen-bond acceptors (Lipinski definition) is 5. The molecule has 5 nitrogen and oxygen atoms in total. The second-order valence-electron chi connectivity index (χ2n) is 7.92. The minimum atomic E-state index is -4.59. The predicted molar refractivity (Wildman–Crippen MR) is 122 cm³/mol. The maximum absolute atomic E-state index is 13.4. The molecule has 34 heavy (non-hydrogen) atoms. The number of carbonyl (C=O) groups excluding carboxylic acids is 2. The lowest BCUT2D eigenvalue weighted by atomic mass is 9.82. The Hall–Kier alpha value is -3.55. The average molecular weight is 473 g/mol. The molecule has 0 saturated carbocycles. The molecule has 2 aromatic rings. The van der Waals surface area contributed by atoms with Crippen molar-refractivity contribution in [1.82, 2.24) is 0 Å². The summed E-state index contributed by atoms with van der Waals surface area (Å²) < 4.78 is 50.7. The molecule has 1 aliphatic rings. The van der Waals surface area contributed by atoms with E-state index in [2.05, 4.69) is 0 Å². The molecular weight excluding hydrogens is 447 g/mol. The third kappa shape index (κ3) is 5.50. The highest BCUT2D eigenvalue weighted by Crippen LogP contribution is 2.40. The Morgan fingerprint density at radius 2 is 1.41 bits per heavy atom. The molecule has 0 bridgehead atoms. The minimum Gasteiger partial charge on any atom is -0.463 e. The molecule has 0 spiro atoms. The van der Waals surface area contributed by atoms with Gasteiger partial charge in [-0.25, -0.2) is 9.59 Å². The lowest BCUT2D eigenvalue weighted by Crippen LogP contribution is -2.29. The van der Waals surface area contributed by atoms with E-state index in [1.165, 1.54) is 24.5 Å². The van der Waals surface area contributed by atoms with E-state index in [1.807, 2.05) is 32.0 Å². The van der Waals surface area contributed by atoms with Crippen molar-refractivity contribution in [2.75, 3.05) is 18.1 Å². The van der Waals surface area contributed by atoms with Crippen molar-refractivity contribution < 1.29 is 32.2 Å². The molecule has 0 aromatic heterocycles. The smallest absolute Gasteiger partial charge is 0.416 e. The molecule has 0 atom stereocenters. The molecule has 0 aliphatic carbocycles. The molecule has 1 heterocycles. The maximum atomic E-state index is 13.4. The van der Waals surface area contributed by atoms with Gasteiger partial charge in [0, 0.05) is 18.1 Å². The first-order chi connectivity index (χ1) is 16.0. The number of benzene rings is 2. The van der Waals surface area contributed by atoms with Gasteiger partial charge in [-0.1, -0.05) is 24.3 Å². The van der Waals surface area contributed by atoms with Crippen molar-refractivity contribution in [1.29, 1.82) is 0 Å². The normalized spacial score (nSPS) is 14.4. The monoisotopic (exact) mass is 473 g/mol. The number of halogens is 3. The highest BCUT2D eigenvalue weighted by Gasteiger charge is 2.38. The quantitative estimate of drug-likeness (QED) is 0.495. The van der Waals surface area contributed by atoms with Crippen LogP contribution in [0.15, 0.2) is 66.0 Å².